The topological polar surface area (TPSA) is 50.2 Å². The molecule has 0 saturated carbocycles. The summed E-state index contributed by atoms with van der Waals surface area (Å²) in [5.41, 5.74) is 9.33. The molecule has 0 spiro atoms. The Kier molecular flexibility index (Phi) is 6.28. The SMILES string of the molecule is C/C=C1/CN2CC[C@@H]3c4ccccc4N4[C@H](C(=O)OC)[C@H]1C[C@H]2[C@]34/C=C/C1=COC[C@@H]2[C@H]1C[C@H]1c3c(c4ccccc4n3C)C[C@@H]2N1C. The Morgan fingerprint density at radius 1 is 1.06 bits per heavy atom. The van der Waals surface area contributed by atoms with Gasteiger partial charge in [-0.2, -0.15) is 0 Å². The highest BCUT2D eigenvalue weighted by Crippen LogP contribution is 2.62. The highest BCUT2D eigenvalue weighted by molar-refractivity contribution is 5.87. The summed E-state index contributed by atoms with van der Waals surface area (Å²) >= 11 is 0. The van der Waals surface area contributed by atoms with Crippen LogP contribution in [0.5, 0.6) is 0 Å². The third kappa shape index (κ3) is 3.59. The first-order valence-corrected chi connectivity index (χ1v) is 18.1. The van der Waals surface area contributed by atoms with Crippen LogP contribution in [0, 0.1) is 17.8 Å². The smallest absolute Gasteiger partial charge is 0.329 e. The first-order chi connectivity index (χ1) is 23.5. The molecule has 0 unspecified atom stereocenters. The van der Waals surface area contributed by atoms with E-state index >= 15 is 0 Å². The minimum atomic E-state index is -0.342. The van der Waals surface area contributed by atoms with Crippen LogP contribution in [-0.2, 0) is 27.7 Å². The molecule has 9 atom stereocenters. The van der Waals surface area contributed by atoms with Gasteiger partial charge in [-0.15, -0.1) is 0 Å². The van der Waals surface area contributed by atoms with Crippen LogP contribution >= 0.6 is 0 Å². The van der Waals surface area contributed by atoms with Crippen molar-refractivity contribution in [3.63, 3.8) is 0 Å². The maximum atomic E-state index is 13.9. The average molecular weight is 643 g/mol. The van der Waals surface area contributed by atoms with E-state index in [-0.39, 0.29) is 23.5 Å². The number of benzene rings is 2. The number of hydrogen-bond donors (Lipinski definition) is 0. The molecule has 8 heterocycles. The fraction of sp³-hybridized carbons (Fsp3) is 0.488. The fourth-order valence-corrected chi connectivity index (χ4v) is 12.0. The van der Waals surface area contributed by atoms with Crippen molar-refractivity contribution >= 4 is 22.6 Å². The fourth-order valence-electron chi connectivity index (χ4n) is 12.0. The number of esters is 1. The number of aryl methyl sites for hydroxylation is 1. The monoisotopic (exact) mass is 642 g/mol. The van der Waals surface area contributed by atoms with Crippen LogP contribution in [0.1, 0.15) is 55.0 Å². The van der Waals surface area contributed by atoms with Gasteiger partial charge in [0.25, 0.3) is 0 Å². The minimum Gasteiger partial charge on any atom is -0.501 e. The predicted molar refractivity (Wildman–Crippen MR) is 188 cm³/mol. The summed E-state index contributed by atoms with van der Waals surface area (Å²) in [6.45, 7) is 4.93. The van der Waals surface area contributed by atoms with E-state index in [1.807, 2.05) is 0 Å². The first-order valence-electron chi connectivity index (χ1n) is 18.1. The van der Waals surface area contributed by atoms with E-state index in [0.29, 0.717) is 35.9 Å². The molecule has 0 N–H and O–H groups in total. The second kappa shape index (κ2) is 10.3. The molecular formula is C41H46N4O3. The summed E-state index contributed by atoms with van der Waals surface area (Å²) in [6.07, 6.45) is 13.5. The van der Waals surface area contributed by atoms with Crippen molar-refractivity contribution in [1.82, 2.24) is 14.4 Å². The zero-order chi connectivity index (χ0) is 32.5. The molecule has 248 valence electrons. The zero-order valence-corrected chi connectivity index (χ0v) is 28.5. The van der Waals surface area contributed by atoms with Crippen LogP contribution in [0.15, 0.2) is 84.2 Å². The number of likely N-dealkylation sites (N-methyl/N-ethyl adjacent to an activating group) is 1. The van der Waals surface area contributed by atoms with Crippen molar-refractivity contribution in [2.75, 3.05) is 38.8 Å². The molecule has 7 nitrogen and oxygen atoms in total. The molecule has 0 aliphatic carbocycles. The van der Waals surface area contributed by atoms with Crippen molar-refractivity contribution in [2.24, 2.45) is 24.8 Å². The number of methoxy groups -OCH3 is 1. The molecule has 48 heavy (non-hydrogen) atoms. The highest BCUT2D eigenvalue weighted by Gasteiger charge is 2.66. The quantitative estimate of drug-likeness (QED) is 0.254. The summed E-state index contributed by atoms with van der Waals surface area (Å²) in [5, 5.41) is 1.42. The lowest BCUT2D eigenvalue weighted by Crippen LogP contribution is -2.75. The first kappa shape index (κ1) is 29.1. The van der Waals surface area contributed by atoms with Gasteiger partial charge in [0.2, 0.25) is 0 Å². The van der Waals surface area contributed by atoms with E-state index in [1.165, 1.54) is 44.6 Å². The molecule has 4 saturated heterocycles. The van der Waals surface area contributed by atoms with E-state index in [2.05, 4.69) is 113 Å². The molecule has 3 aromatic rings. The predicted octanol–water partition coefficient (Wildman–Crippen LogP) is 6.12. The van der Waals surface area contributed by atoms with Gasteiger partial charge >= 0.3 is 5.97 Å². The lowest BCUT2D eigenvalue weighted by atomic mass is 9.61. The molecule has 7 heteroatoms. The molecular weight excluding hydrogens is 596 g/mol. The number of carbonyl (C=O) groups is 1. The molecule has 1 aromatic heterocycles. The van der Waals surface area contributed by atoms with Crippen LogP contribution in [0.2, 0.25) is 0 Å². The summed E-state index contributed by atoms with van der Waals surface area (Å²) in [5.74, 6) is 1.21. The second-order valence-corrected chi connectivity index (χ2v) is 15.5. The number of allylic oxidation sites excluding steroid dienone is 3. The standard InChI is InChI=1S/C41H46N4O3/c1-5-24-21-44-17-15-32-27-11-7-9-13-34(27)45-39(40(46)47-4)29(24)20-37(44)41(32,45)16-14-25-22-48-23-31-28(25)18-36-38-30(19-35(31)42(36)2)26-10-6-8-12-33(26)43(38)3/h5-14,16,22,28-29,31-32,35-37,39H,15,17-21,23H2,1-4H3/b16-14+,24-5-/t28-,29-,31+,32+,35-,36-,37-,39-,41-/m0/s1. The number of piperidine rings is 4. The molecule has 4 fully saturated rings. The lowest BCUT2D eigenvalue weighted by Gasteiger charge is -2.64. The number of carbonyl (C=O) groups excluding carboxylic acids is 1. The van der Waals surface area contributed by atoms with Crippen LogP contribution in [-0.4, -0.2) is 77.9 Å². The van der Waals surface area contributed by atoms with E-state index in [4.69, 9.17) is 9.47 Å². The Balaban J connectivity index is 1.08. The largest absolute Gasteiger partial charge is 0.501 e. The van der Waals surface area contributed by atoms with Gasteiger partial charge in [-0.3, -0.25) is 9.80 Å². The number of aromatic nitrogens is 1. The maximum Gasteiger partial charge on any atom is 0.329 e. The Bertz CT molecular complexity index is 1940. The third-order valence-electron chi connectivity index (χ3n) is 14.0. The molecule has 10 rings (SSSR count). The number of fused-ring (bicyclic) bond motifs is 12. The van der Waals surface area contributed by atoms with Gasteiger partial charge < -0.3 is 18.9 Å². The number of nitrogens with zero attached hydrogens (tertiary/aromatic N) is 4. The van der Waals surface area contributed by atoms with E-state index < -0.39 is 0 Å². The molecule has 2 aromatic carbocycles. The average Bonchev–Trinajstić information content (AvgIpc) is 3.56. The van der Waals surface area contributed by atoms with Crippen molar-refractivity contribution in [3.05, 3.63) is 101 Å². The van der Waals surface area contributed by atoms with Gasteiger partial charge in [-0.1, -0.05) is 60.2 Å². The van der Waals surface area contributed by atoms with Gasteiger partial charge in [-0.05, 0) is 81.0 Å². The van der Waals surface area contributed by atoms with Crippen molar-refractivity contribution in [2.45, 2.75) is 68.2 Å². The minimum absolute atomic E-state index is 0.116. The number of rotatable bonds is 3. The number of para-hydroxylation sites is 2. The van der Waals surface area contributed by atoms with Crippen LogP contribution in [0.4, 0.5) is 5.69 Å². The second-order valence-electron chi connectivity index (χ2n) is 15.5. The van der Waals surface area contributed by atoms with Crippen molar-refractivity contribution < 1.29 is 14.3 Å². The van der Waals surface area contributed by atoms with E-state index in [9.17, 15) is 4.79 Å². The molecule has 4 bridgehead atoms. The molecule has 7 aliphatic rings. The Morgan fingerprint density at radius 3 is 2.75 bits per heavy atom. The van der Waals surface area contributed by atoms with Crippen LogP contribution in [0.3, 0.4) is 0 Å². The summed E-state index contributed by atoms with van der Waals surface area (Å²) < 4.78 is 14.5. The van der Waals surface area contributed by atoms with Gasteiger partial charge in [0.15, 0.2) is 0 Å². The van der Waals surface area contributed by atoms with Gasteiger partial charge in [0, 0.05) is 65.7 Å². The summed E-state index contributed by atoms with van der Waals surface area (Å²) in [7, 11) is 6.16. The maximum absolute atomic E-state index is 13.9. The van der Waals surface area contributed by atoms with Gasteiger partial charge in [0.05, 0.1) is 31.6 Å². The van der Waals surface area contributed by atoms with Gasteiger partial charge in [-0.25, -0.2) is 4.79 Å². The highest BCUT2D eigenvalue weighted by atomic mass is 16.5. The zero-order valence-electron chi connectivity index (χ0n) is 28.5. The number of hydrogen-bond acceptors (Lipinski definition) is 6. The number of ether oxygens (including phenoxy) is 2. The summed E-state index contributed by atoms with van der Waals surface area (Å²) in [6, 6.07) is 18.6. The molecule has 7 aliphatic heterocycles. The van der Waals surface area contributed by atoms with Crippen molar-refractivity contribution in [1.29, 1.82) is 0 Å². The Labute approximate surface area is 283 Å². The van der Waals surface area contributed by atoms with E-state index in [0.717, 1.165) is 45.4 Å². The lowest BCUT2D eigenvalue weighted by molar-refractivity contribution is -0.146. The molecule has 0 amide bonds. The van der Waals surface area contributed by atoms with E-state index in [1.54, 1.807) is 7.11 Å². The van der Waals surface area contributed by atoms with Crippen LogP contribution in [0.25, 0.3) is 10.9 Å². The number of anilines is 1. The third-order valence-corrected chi connectivity index (χ3v) is 14.0. The Hall–Kier alpha value is -3.81. The normalized spacial score (nSPS) is 37.2. The molecule has 0 radical (unpaired) electrons. The van der Waals surface area contributed by atoms with Crippen molar-refractivity contribution in [3.8, 4) is 0 Å². The Morgan fingerprint density at radius 2 is 1.90 bits per heavy atom. The summed E-state index contributed by atoms with van der Waals surface area (Å²) in [4.78, 5) is 21.8. The van der Waals surface area contributed by atoms with Crippen LogP contribution < -0.4 is 4.90 Å². The van der Waals surface area contributed by atoms with Gasteiger partial charge in [0.1, 0.15) is 6.04 Å².